The maximum atomic E-state index is 13.5. The van der Waals surface area contributed by atoms with Crippen molar-refractivity contribution < 1.29 is 23.7 Å². The molecule has 2 aromatic carbocycles. The second-order valence-electron chi connectivity index (χ2n) is 7.50. The van der Waals surface area contributed by atoms with E-state index in [0.717, 1.165) is 29.8 Å². The molecule has 1 aliphatic heterocycles. The second kappa shape index (κ2) is 11.3. The van der Waals surface area contributed by atoms with Crippen LogP contribution in [-0.2, 0) is 17.8 Å². The van der Waals surface area contributed by atoms with Crippen LogP contribution < -0.4 is 14.8 Å². The van der Waals surface area contributed by atoms with Gasteiger partial charge in [0, 0.05) is 38.3 Å². The molecule has 1 saturated heterocycles. The minimum absolute atomic E-state index is 0.174. The van der Waals surface area contributed by atoms with Gasteiger partial charge in [-0.15, -0.1) is 0 Å². The summed E-state index contributed by atoms with van der Waals surface area (Å²) >= 11 is 0. The van der Waals surface area contributed by atoms with Crippen LogP contribution >= 0.6 is 0 Å². The van der Waals surface area contributed by atoms with Crippen LogP contribution in [0, 0.1) is 12.7 Å². The lowest BCUT2D eigenvalue weighted by molar-refractivity contribution is 0.00436. The molecular weight excluding hydrogens is 387 g/mol. The van der Waals surface area contributed by atoms with Crippen LogP contribution in [0.25, 0.3) is 0 Å². The van der Waals surface area contributed by atoms with Gasteiger partial charge in [0.15, 0.2) is 11.5 Å². The van der Waals surface area contributed by atoms with Gasteiger partial charge in [0.25, 0.3) is 0 Å². The van der Waals surface area contributed by atoms with Crippen molar-refractivity contribution in [3.05, 3.63) is 58.9 Å². The molecule has 0 spiro atoms. The summed E-state index contributed by atoms with van der Waals surface area (Å²) in [7, 11) is 1.60. The van der Waals surface area contributed by atoms with Crippen LogP contribution in [0.4, 0.5) is 4.39 Å². The van der Waals surface area contributed by atoms with E-state index in [0.29, 0.717) is 44.3 Å². The van der Waals surface area contributed by atoms with E-state index < -0.39 is 6.10 Å². The number of para-hydroxylation sites is 1. The molecule has 6 nitrogen and oxygen atoms in total. The highest BCUT2D eigenvalue weighted by Gasteiger charge is 2.17. The van der Waals surface area contributed by atoms with Crippen LogP contribution in [0.2, 0.25) is 0 Å². The van der Waals surface area contributed by atoms with Crippen molar-refractivity contribution in [3.63, 3.8) is 0 Å². The summed E-state index contributed by atoms with van der Waals surface area (Å²) in [6, 6.07) is 10.5. The molecule has 7 heteroatoms. The van der Waals surface area contributed by atoms with Crippen LogP contribution in [0.1, 0.15) is 16.7 Å². The van der Waals surface area contributed by atoms with Gasteiger partial charge in [-0.3, -0.25) is 4.90 Å². The monoisotopic (exact) mass is 418 g/mol. The van der Waals surface area contributed by atoms with E-state index in [9.17, 15) is 9.50 Å². The van der Waals surface area contributed by atoms with Crippen molar-refractivity contribution in [2.75, 3.05) is 46.6 Å². The van der Waals surface area contributed by atoms with Gasteiger partial charge in [0.2, 0.25) is 0 Å². The Balaban J connectivity index is 1.58. The minimum Gasteiger partial charge on any atom is -0.493 e. The zero-order chi connectivity index (χ0) is 21.3. The number of nitrogens with zero attached hydrogens (tertiary/aromatic N) is 1. The van der Waals surface area contributed by atoms with Crippen molar-refractivity contribution in [1.82, 2.24) is 10.2 Å². The maximum Gasteiger partial charge on any atom is 0.165 e. The van der Waals surface area contributed by atoms with E-state index in [1.54, 1.807) is 19.2 Å². The molecular formula is C23H31FN2O4. The Morgan fingerprint density at radius 3 is 2.70 bits per heavy atom. The number of hydrogen-bond acceptors (Lipinski definition) is 6. The Morgan fingerprint density at radius 2 is 1.93 bits per heavy atom. The van der Waals surface area contributed by atoms with Crippen molar-refractivity contribution in [1.29, 1.82) is 0 Å². The van der Waals surface area contributed by atoms with E-state index >= 15 is 0 Å². The summed E-state index contributed by atoms with van der Waals surface area (Å²) in [4.78, 5) is 2.17. The Hall–Kier alpha value is -2.19. The number of aliphatic hydroxyl groups excluding tert-OH is 1. The molecule has 1 atom stereocenters. The third-order valence-electron chi connectivity index (χ3n) is 5.22. The van der Waals surface area contributed by atoms with Gasteiger partial charge in [-0.25, -0.2) is 4.39 Å². The molecule has 3 rings (SSSR count). The lowest BCUT2D eigenvalue weighted by Gasteiger charge is -2.28. The average Bonchev–Trinajstić information content (AvgIpc) is 2.75. The molecule has 0 aromatic heterocycles. The Labute approximate surface area is 177 Å². The predicted molar refractivity (Wildman–Crippen MR) is 113 cm³/mol. The molecule has 0 bridgehead atoms. The maximum absolute atomic E-state index is 13.5. The summed E-state index contributed by atoms with van der Waals surface area (Å²) in [5.41, 5.74) is 2.88. The molecule has 1 heterocycles. The molecule has 164 valence electrons. The Morgan fingerprint density at radius 1 is 1.17 bits per heavy atom. The molecule has 0 saturated carbocycles. The Kier molecular flexibility index (Phi) is 8.45. The first-order valence-electron chi connectivity index (χ1n) is 10.3. The first kappa shape index (κ1) is 22.5. The number of β-amino-alcohol motifs (C(OH)–C–C–N with tert-alkyl or cyclic N) is 1. The molecule has 0 radical (unpaired) electrons. The van der Waals surface area contributed by atoms with Gasteiger partial charge in [0.1, 0.15) is 18.5 Å². The average molecular weight is 419 g/mol. The molecule has 0 unspecified atom stereocenters. The number of nitrogens with one attached hydrogen (secondary N) is 1. The summed E-state index contributed by atoms with van der Waals surface area (Å²) in [5.74, 6) is 0.997. The normalized spacial score (nSPS) is 15.7. The fourth-order valence-electron chi connectivity index (χ4n) is 3.50. The number of ether oxygens (including phenoxy) is 3. The number of halogens is 1. The van der Waals surface area contributed by atoms with E-state index in [2.05, 4.69) is 10.2 Å². The quantitative estimate of drug-likeness (QED) is 0.618. The van der Waals surface area contributed by atoms with Gasteiger partial charge in [-0.1, -0.05) is 18.2 Å². The first-order valence-corrected chi connectivity index (χ1v) is 10.3. The highest BCUT2D eigenvalue weighted by atomic mass is 19.1. The van der Waals surface area contributed by atoms with E-state index in [4.69, 9.17) is 14.2 Å². The summed E-state index contributed by atoms with van der Waals surface area (Å²) < 4.78 is 30.3. The highest BCUT2D eigenvalue weighted by Crippen LogP contribution is 2.31. The molecule has 0 aliphatic carbocycles. The van der Waals surface area contributed by atoms with Crippen molar-refractivity contribution in [2.45, 2.75) is 26.1 Å². The van der Waals surface area contributed by atoms with Gasteiger partial charge in [-0.05, 0) is 36.2 Å². The smallest absolute Gasteiger partial charge is 0.165 e. The number of aryl methyl sites for hydroxylation is 1. The second-order valence-corrected chi connectivity index (χ2v) is 7.50. The third kappa shape index (κ3) is 6.40. The lowest BCUT2D eigenvalue weighted by Crippen LogP contribution is -2.42. The standard InChI is InChI=1S/C23H31FN2O4/c1-17-6-7-20(24)12-19(17)14-25-13-18-4-3-5-22(28-2)23(18)30-16-21(27)15-26-8-10-29-11-9-26/h3-7,12,21,25,27H,8-11,13-16H2,1-2H3/t21-/m0/s1. The van der Waals surface area contributed by atoms with Gasteiger partial charge in [-0.2, -0.15) is 0 Å². The van der Waals surface area contributed by atoms with Gasteiger partial charge in [0.05, 0.1) is 20.3 Å². The van der Waals surface area contributed by atoms with Crippen molar-refractivity contribution >= 4 is 0 Å². The third-order valence-corrected chi connectivity index (χ3v) is 5.22. The topological polar surface area (TPSA) is 63.2 Å². The number of hydrogen-bond donors (Lipinski definition) is 2. The molecule has 2 aromatic rings. The van der Waals surface area contributed by atoms with Crippen molar-refractivity contribution in [3.8, 4) is 11.5 Å². The van der Waals surface area contributed by atoms with E-state index in [1.807, 2.05) is 25.1 Å². The predicted octanol–water partition coefficient (Wildman–Crippen LogP) is 2.50. The van der Waals surface area contributed by atoms with Crippen molar-refractivity contribution in [2.24, 2.45) is 0 Å². The number of methoxy groups -OCH3 is 1. The summed E-state index contributed by atoms with van der Waals surface area (Å²) in [6.45, 7) is 6.79. The summed E-state index contributed by atoms with van der Waals surface area (Å²) in [6.07, 6.45) is -0.608. The zero-order valence-electron chi connectivity index (χ0n) is 17.7. The molecule has 2 N–H and O–H groups in total. The fraction of sp³-hybridized carbons (Fsp3) is 0.478. The van der Waals surface area contributed by atoms with Crippen LogP contribution in [0.3, 0.4) is 0 Å². The van der Waals surface area contributed by atoms with Crippen LogP contribution in [0.5, 0.6) is 11.5 Å². The largest absolute Gasteiger partial charge is 0.493 e. The van der Waals surface area contributed by atoms with Crippen LogP contribution in [-0.4, -0.2) is 62.7 Å². The molecule has 1 aliphatic rings. The number of rotatable bonds is 10. The van der Waals surface area contributed by atoms with Gasteiger partial charge >= 0.3 is 0 Å². The van der Waals surface area contributed by atoms with Gasteiger partial charge < -0.3 is 24.6 Å². The number of benzene rings is 2. The van der Waals surface area contributed by atoms with E-state index in [1.165, 1.54) is 6.07 Å². The SMILES string of the molecule is COc1cccc(CNCc2cc(F)ccc2C)c1OC[C@@H](O)CN1CCOCC1. The highest BCUT2D eigenvalue weighted by molar-refractivity contribution is 5.46. The summed E-state index contributed by atoms with van der Waals surface area (Å²) in [5, 5.41) is 13.7. The first-order chi connectivity index (χ1) is 14.6. The molecule has 30 heavy (non-hydrogen) atoms. The Bertz CT molecular complexity index is 812. The fourth-order valence-corrected chi connectivity index (χ4v) is 3.50. The minimum atomic E-state index is -0.608. The number of morpholine rings is 1. The lowest BCUT2D eigenvalue weighted by atomic mass is 10.1. The molecule has 1 fully saturated rings. The zero-order valence-corrected chi connectivity index (χ0v) is 17.7. The molecule has 0 amide bonds. The van der Waals surface area contributed by atoms with E-state index in [-0.39, 0.29) is 12.4 Å². The number of aliphatic hydroxyl groups is 1. The van der Waals surface area contributed by atoms with Crippen LogP contribution in [0.15, 0.2) is 36.4 Å².